The van der Waals surface area contributed by atoms with Gasteiger partial charge in [0.05, 0.1) is 17.9 Å². The molecule has 0 radical (unpaired) electrons. The lowest BCUT2D eigenvalue weighted by Gasteiger charge is -2.36. The van der Waals surface area contributed by atoms with E-state index in [-0.39, 0.29) is 5.04 Å². The van der Waals surface area contributed by atoms with Crippen LogP contribution in [0.1, 0.15) is 31.1 Å². The second-order valence-corrected chi connectivity index (χ2v) is 13.7. The van der Waals surface area contributed by atoms with Gasteiger partial charge >= 0.3 is 5.97 Å². The third-order valence-corrected chi connectivity index (χ3v) is 10.3. The summed E-state index contributed by atoms with van der Waals surface area (Å²) in [6.07, 6.45) is 0. The van der Waals surface area contributed by atoms with Crippen molar-refractivity contribution in [3.8, 4) is 0 Å². The number of carbonyl (C=O) groups is 1. The second-order valence-electron chi connectivity index (χ2n) is 8.86. The molecule has 27 heavy (non-hydrogen) atoms. The summed E-state index contributed by atoms with van der Waals surface area (Å²) in [5, 5.41) is 13.0. The van der Waals surface area contributed by atoms with Crippen molar-refractivity contribution < 1.29 is 14.3 Å². The van der Waals surface area contributed by atoms with Crippen molar-refractivity contribution in [1.29, 1.82) is 0 Å². The number of carboxylic acids is 1. The zero-order chi connectivity index (χ0) is 20.2. The molecule has 0 spiro atoms. The Bertz CT molecular complexity index is 650. The lowest BCUT2D eigenvalue weighted by molar-refractivity contribution is 0.0698. The van der Waals surface area contributed by atoms with Crippen LogP contribution in [0.25, 0.3) is 0 Å². The van der Waals surface area contributed by atoms with Crippen LogP contribution >= 0.6 is 0 Å². The van der Waals surface area contributed by atoms with Gasteiger partial charge in [0.15, 0.2) is 8.32 Å². The van der Waals surface area contributed by atoms with Crippen LogP contribution in [0.5, 0.6) is 0 Å². The predicted octanol–water partition coefficient (Wildman–Crippen LogP) is 3.57. The summed E-state index contributed by atoms with van der Waals surface area (Å²) in [5.74, 6) is -0.909. The summed E-state index contributed by atoms with van der Waals surface area (Å²) < 4.78 is 6.19. The van der Waals surface area contributed by atoms with Gasteiger partial charge in [-0.3, -0.25) is 0 Å². The van der Waals surface area contributed by atoms with E-state index in [0.717, 1.165) is 31.9 Å². The molecule has 0 atom stereocenters. The molecule has 1 saturated heterocycles. The number of carboxylic acid groups (broad SMARTS) is 1. The van der Waals surface area contributed by atoms with E-state index < -0.39 is 14.3 Å². The lowest BCUT2D eigenvalue weighted by atomic mass is 10.1. The number of nitrogens with one attached hydrogen (secondary N) is 1. The minimum atomic E-state index is -1.79. The molecule has 0 unspecified atom stereocenters. The van der Waals surface area contributed by atoms with E-state index in [2.05, 4.69) is 56.0 Å². The van der Waals surface area contributed by atoms with Gasteiger partial charge in [-0.2, -0.15) is 0 Å². The van der Waals surface area contributed by atoms with E-state index in [1.165, 1.54) is 0 Å². The minimum Gasteiger partial charge on any atom is -0.478 e. The molecular weight excluding hydrogens is 358 g/mol. The number of hydrogen-bond donors (Lipinski definition) is 2. The van der Waals surface area contributed by atoms with Crippen molar-refractivity contribution in [2.45, 2.75) is 38.9 Å². The molecule has 1 fully saturated rings. The first-order valence-electron chi connectivity index (χ1n) is 9.70. The van der Waals surface area contributed by atoms with Crippen LogP contribution in [0, 0.1) is 0 Å². The first kappa shape index (κ1) is 21.7. The number of likely N-dealkylation sites (N-methyl/N-ethyl adjacent to an activating group) is 1. The molecule has 0 amide bonds. The maximum atomic E-state index is 11.6. The largest absolute Gasteiger partial charge is 0.478 e. The number of aromatic carboxylic acids is 1. The van der Waals surface area contributed by atoms with Gasteiger partial charge in [-0.05, 0) is 43.4 Å². The van der Waals surface area contributed by atoms with Crippen LogP contribution in [0.4, 0.5) is 11.4 Å². The molecule has 2 rings (SSSR count). The molecule has 1 heterocycles. The van der Waals surface area contributed by atoms with E-state index in [0.29, 0.717) is 24.4 Å². The maximum absolute atomic E-state index is 11.6. The fourth-order valence-electron chi connectivity index (χ4n) is 2.83. The van der Waals surface area contributed by atoms with E-state index in [1.807, 2.05) is 12.1 Å². The Morgan fingerprint density at radius 3 is 2.41 bits per heavy atom. The number of anilines is 2. The van der Waals surface area contributed by atoms with Crippen molar-refractivity contribution in [3.63, 3.8) is 0 Å². The standard InChI is InChI=1S/C20H35N3O3Si/c1-20(2,3)27(5,6)26-14-9-21-18-15-16(7-8-17(18)19(24)25)23-12-10-22(4)11-13-23/h7-8,15,21H,9-14H2,1-6H3,(H,24,25). The summed E-state index contributed by atoms with van der Waals surface area (Å²) >= 11 is 0. The van der Waals surface area contributed by atoms with Crippen LogP contribution in [0.2, 0.25) is 18.1 Å². The van der Waals surface area contributed by atoms with E-state index >= 15 is 0 Å². The number of benzene rings is 1. The highest BCUT2D eigenvalue weighted by atomic mass is 28.4. The first-order valence-corrected chi connectivity index (χ1v) is 12.6. The van der Waals surface area contributed by atoms with Gasteiger partial charge in [0.25, 0.3) is 0 Å². The zero-order valence-corrected chi connectivity index (χ0v) is 18.6. The highest BCUT2D eigenvalue weighted by molar-refractivity contribution is 6.74. The molecule has 6 nitrogen and oxygen atoms in total. The van der Waals surface area contributed by atoms with Gasteiger partial charge in [-0.15, -0.1) is 0 Å². The zero-order valence-electron chi connectivity index (χ0n) is 17.6. The number of piperazine rings is 1. The third kappa shape index (κ3) is 5.70. The Kier molecular flexibility index (Phi) is 6.94. The van der Waals surface area contributed by atoms with Gasteiger partial charge < -0.3 is 24.6 Å². The van der Waals surface area contributed by atoms with E-state index in [4.69, 9.17) is 4.43 Å². The Labute approximate surface area is 164 Å². The number of hydrogen-bond acceptors (Lipinski definition) is 5. The third-order valence-electron chi connectivity index (χ3n) is 5.79. The highest BCUT2D eigenvalue weighted by Crippen LogP contribution is 2.36. The Morgan fingerprint density at radius 2 is 1.85 bits per heavy atom. The maximum Gasteiger partial charge on any atom is 0.337 e. The molecule has 1 aromatic carbocycles. The SMILES string of the molecule is CN1CCN(c2ccc(C(=O)O)c(NCCO[Si](C)(C)C(C)(C)C)c2)CC1. The average Bonchev–Trinajstić information content (AvgIpc) is 2.58. The minimum absolute atomic E-state index is 0.167. The quantitative estimate of drug-likeness (QED) is 0.545. The van der Waals surface area contributed by atoms with Crippen molar-refractivity contribution in [3.05, 3.63) is 23.8 Å². The van der Waals surface area contributed by atoms with E-state index in [1.54, 1.807) is 6.07 Å². The van der Waals surface area contributed by atoms with Crippen LogP contribution in [0.15, 0.2) is 18.2 Å². The average molecular weight is 394 g/mol. The molecule has 0 aliphatic carbocycles. The fraction of sp³-hybridized carbons (Fsp3) is 0.650. The Hall–Kier alpha value is -1.57. The van der Waals surface area contributed by atoms with Crippen LogP contribution in [0.3, 0.4) is 0 Å². The smallest absolute Gasteiger partial charge is 0.337 e. The molecule has 152 valence electrons. The molecule has 1 aliphatic heterocycles. The number of rotatable bonds is 7. The van der Waals surface area contributed by atoms with Gasteiger partial charge in [0.2, 0.25) is 0 Å². The summed E-state index contributed by atoms with van der Waals surface area (Å²) in [5.41, 5.74) is 2.04. The van der Waals surface area contributed by atoms with Crippen LogP contribution in [-0.2, 0) is 4.43 Å². The van der Waals surface area contributed by atoms with Crippen molar-refractivity contribution in [2.75, 3.05) is 56.6 Å². The van der Waals surface area contributed by atoms with Crippen molar-refractivity contribution in [1.82, 2.24) is 4.90 Å². The summed E-state index contributed by atoms with van der Waals surface area (Å²) in [4.78, 5) is 16.2. The van der Waals surface area contributed by atoms with Gasteiger partial charge in [-0.25, -0.2) is 4.79 Å². The summed E-state index contributed by atoms with van der Waals surface area (Å²) in [6.45, 7) is 16.2. The molecule has 7 heteroatoms. The number of nitrogens with zero attached hydrogens (tertiary/aromatic N) is 2. The van der Waals surface area contributed by atoms with E-state index in [9.17, 15) is 9.90 Å². The van der Waals surface area contributed by atoms with Gasteiger partial charge in [0.1, 0.15) is 0 Å². The topological polar surface area (TPSA) is 65.0 Å². The van der Waals surface area contributed by atoms with Crippen molar-refractivity contribution >= 4 is 25.7 Å². The summed E-state index contributed by atoms with van der Waals surface area (Å²) in [6, 6.07) is 5.57. The molecule has 0 aromatic heterocycles. The molecule has 2 N–H and O–H groups in total. The predicted molar refractivity (Wildman–Crippen MR) is 115 cm³/mol. The Morgan fingerprint density at radius 1 is 1.22 bits per heavy atom. The normalized spacial score (nSPS) is 16.4. The lowest BCUT2D eigenvalue weighted by Crippen LogP contribution is -2.44. The molecular formula is C20H35N3O3Si. The van der Waals surface area contributed by atoms with Gasteiger partial charge in [-0.1, -0.05) is 20.8 Å². The molecule has 0 bridgehead atoms. The first-order chi connectivity index (χ1) is 12.5. The second kappa shape index (κ2) is 8.62. The van der Waals surface area contributed by atoms with Gasteiger partial charge in [0, 0.05) is 38.4 Å². The summed E-state index contributed by atoms with van der Waals surface area (Å²) in [7, 11) is 0.333. The fourth-order valence-corrected chi connectivity index (χ4v) is 3.88. The molecule has 1 aromatic rings. The van der Waals surface area contributed by atoms with Crippen molar-refractivity contribution in [2.24, 2.45) is 0 Å². The highest BCUT2D eigenvalue weighted by Gasteiger charge is 2.36. The molecule has 1 aliphatic rings. The monoisotopic (exact) mass is 393 g/mol. The van der Waals surface area contributed by atoms with Crippen LogP contribution < -0.4 is 10.2 Å². The molecule has 0 saturated carbocycles. The Balaban J connectivity index is 2.03. The van der Waals surface area contributed by atoms with Crippen LogP contribution in [-0.4, -0.2) is 70.7 Å².